The Morgan fingerprint density at radius 3 is 2.35 bits per heavy atom. The van der Waals surface area contributed by atoms with Crippen LogP contribution in [0.25, 0.3) is 10.9 Å². The second-order valence-electron chi connectivity index (χ2n) is 5.98. The normalized spacial score (nSPS) is 11.1. The van der Waals surface area contributed by atoms with Gasteiger partial charge in [-0.1, -0.05) is 35.9 Å². The van der Waals surface area contributed by atoms with E-state index in [0.29, 0.717) is 28.2 Å². The second-order valence-corrected chi connectivity index (χ2v) is 6.42. The molecule has 0 spiro atoms. The van der Waals surface area contributed by atoms with Crippen molar-refractivity contribution in [1.82, 2.24) is 9.13 Å². The van der Waals surface area contributed by atoms with Crippen LogP contribution in [0.1, 0.15) is 11.3 Å². The van der Waals surface area contributed by atoms with Gasteiger partial charge in [0.25, 0.3) is 5.56 Å². The van der Waals surface area contributed by atoms with E-state index in [-0.39, 0.29) is 17.8 Å². The molecule has 0 aliphatic rings. The topological polar surface area (TPSA) is 57.1 Å². The van der Waals surface area contributed by atoms with Crippen molar-refractivity contribution < 1.29 is 4.42 Å². The van der Waals surface area contributed by atoms with Gasteiger partial charge >= 0.3 is 5.69 Å². The van der Waals surface area contributed by atoms with Crippen LogP contribution in [0.15, 0.2) is 80.9 Å². The molecule has 2 heterocycles. The Hall–Kier alpha value is -3.05. The maximum atomic E-state index is 13.1. The number of hydrogen-bond acceptors (Lipinski definition) is 3. The molecule has 0 saturated carbocycles. The summed E-state index contributed by atoms with van der Waals surface area (Å²) in [5.74, 6) is 0.553. The van der Waals surface area contributed by atoms with Gasteiger partial charge in [0.2, 0.25) is 0 Å². The minimum atomic E-state index is -0.375. The van der Waals surface area contributed by atoms with Crippen LogP contribution >= 0.6 is 11.6 Å². The summed E-state index contributed by atoms with van der Waals surface area (Å²) in [4.78, 5) is 25.9. The standard InChI is InChI=1S/C20H15ClN2O3/c21-15-9-7-14(8-10-15)12-22-18-6-2-1-5-17(18)19(24)23(20(22)25)13-16-4-3-11-26-16/h1-11H,12-13H2. The van der Waals surface area contributed by atoms with Gasteiger partial charge < -0.3 is 4.42 Å². The molecule has 6 heteroatoms. The summed E-state index contributed by atoms with van der Waals surface area (Å²) in [5.41, 5.74) is 0.826. The Kier molecular flexibility index (Phi) is 4.22. The van der Waals surface area contributed by atoms with Crippen molar-refractivity contribution in [3.8, 4) is 0 Å². The van der Waals surface area contributed by atoms with Crippen molar-refractivity contribution >= 4 is 22.5 Å². The monoisotopic (exact) mass is 366 g/mol. The molecule has 2 aromatic carbocycles. The molecule has 0 atom stereocenters. The minimum absolute atomic E-state index is 0.0934. The first-order valence-corrected chi connectivity index (χ1v) is 8.50. The first-order valence-electron chi connectivity index (χ1n) is 8.13. The minimum Gasteiger partial charge on any atom is -0.467 e. The van der Waals surface area contributed by atoms with Gasteiger partial charge in [0.1, 0.15) is 5.76 Å². The Bertz CT molecular complexity index is 1170. The summed E-state index contributed by atoms with van der Waals surface area (Å²) in [7, 11) is 0. The highest BCUT2D eigenvalue weighted by Gasteiger charge is 2.14. The van der Waals surface area contributed by atoms with E-state index >= 15 is 0 Å². The summed E-state index contributed by atoms with van der Waals surface area (Å²) in [5, 5.41) is 1.13. The lowest BCUT2D eigenvalue weighted by Gasteiger charge is -2.13. The highest BCUT2D eigenvalue weighted by Crippen LogP contribution is 2.13. The summed E-state index contributed by atoms with van der Waals surface area (Å²) in [6, 6.07) is 17.9. The second kappa shape index (κ2) is 6.69. The van der Waals surface area contributed by atoms with Crippen molar-refractivity contribution in [3.63, 3.8) is 0 Å². The van der Waals surface area contributed by atoms with E-state index in [9.17, 15) is 9.59 Å². The van der Waals surface area contributed by atoms with E-state index in [2.05, 4.69) is 0 Å². The summed E-state index contributed by atoms with van der Waals surface area (Å²) < 4.78 is 8.11. The van der Waals surface area contributed by atoms with Gasteiger partial charge in [-0.25, -0.2) is 4.79 Å². The van der Waals surface area contributed by atoms with E-state index in [0.717, 1.165) is 5.56 Å². The number of para-hydroxylation sites is 1. The molecule has 0 radical (unpaired) electrons. The zero-order valence-corrected chi connectivity index (χ0v) is 14.5. The van der Waals surface area contributed by atoms with Gasteiger partial charge in [0, 0.05) is 5.02 Å². The number of fused-ring (bicyclic) bond motifs is 1. The summed E-state index contributed by atoms with van der Waals surface area (Å²) in [6.07, 6.45) is 1.52. The third-order valence-electron chi connectivity index (χ3n) is 4.28. The largest absolute Gasteiger partial charge is 0.467 e. The predicted molar refractivity (Wildman–Crippen MR) is 101 cm³/mol. The average molecular weight is 367 g/mol. The maximum absolute atomic E-state index is 13.1. The molecule has 0 aliphatic carbocycles. The van der Waals surface area contributed by atoms with Gasteiger partial charge in [-0.3, -0.25) is 13.9 Å². The molecular weight excluding hydrogens is 352 g/mol. The summed E-state index contributed by atoms with van der Waals surface area (Å²) >= 11 is 5.94. The average Bonchev–Trinajstić information content (AvgIpc) is 3.17. The summed E-state index contributed by atoms with van der Waals surface area (Å²) in [6.45, 7) is 0.436. The van der Waals surface area contributed by atoms with Crippen LogP contribution in [0.5, 0.6) is 0 Å². The fraction of sp³-hybridized carbons (Fsp3) is 0.100. The third-order valence-corrected chi connectivity index (χ3v) is 4.53. The number of benzene rings is 2. The lowest BCUT2D eigenvalue weighted by atomic mass is 10.2. The molecule has 26 heavy (non-hydrogen) atoms. The number of nitrogens with zero attached hydrogens (tertiary/aromatic N) is 2. The molecule has 4 rings (SSSR count). The van der Waals surface area contributed by atoms with E-state index in [4.69, 9.17) is 16.0 Å². The van der Waals surface area contributed by atoms with Crippen molar-refractivity contribution in [2.45, 2.75) is 13.1 Å². The SMILES string of the molecule is O=c1c2ccccc2n(Cc2ccc(Cl)cc2)c(=O)n1Cc1ccco1. The van der Waals surface area contributed by atoms with E-state index in [1.54, 1.807) is 47.0 Å². The van der Waals surface area contributed by atoms with E-state index in [1.165, 1.54) is 10.8 Å². The van der Waals surface area contributed by atoms with Crippen LogP contribution in [0.3, 0.4) is 0 Å². The van der Waals surface area contributed by atoms with Crippen molar-refractivity contribution in [3.05, 3.63) is 104 Å². The van der Waals surface area contributed by atoms with Crippen molar-refractivity contribution in [2.24, 2.45) is 0 Å². The fourth-order valence-electron chi connectivity index (χ4n) is 2.99. The molecular formula is C20H15ClN2O3. The lowest BCUT2D eigenvalue weighted by Crippen LogP contribution is -2.40. The lowest BCUT2D eigenvalue weighted by molar-refractivity contribution is 0.479. The van der Waals surface area contributed by atoms with Gasteiger partial charge in [0.05, 0.1) is 30.3 Å². The Balaban J connectivity index is 1.91. The van der Waals surface area contributed by atoms with Gasteiger partial charge in [-0.15, -0.1) is 0 Å². The van der Waals surface area contributed by atoms with Crippen molar-refractivity contribution in [1.29, 1.82) is 0 Å². The molecule has 130 valence electrons. The Labute approximate surface area is 153 Å². The fourth-order valence-corrected chi connectivity index (χ4v) is 3.12. The van der Waals surface area contributed by atoms with E-state index in [1.807, 2.05) is 18.2 Å². The number of rotatable bonds is 4. The number of aromatic nitrogens is 2. The molecule has 2 aromatic heterocycles. The predicted octanol–water partition coefficient (Wildman–Crippen LogP) is 3.51. The smallest absolute Gasteiger partial charge is 0.332 e. The molecule has 0 amide bonds. The maximum Gasteiger partial charge on any atom is 0.332 e. The van der Waals surface area contributed by atoms with Crippen LogP contribution in [0, 0.1) is 0 Å². The van der Waals surface area contributed by atoms with Crippen molar-refractivity contribution in [2.75, 3.05) is 0 Å². The number of hydrogen-bond donors (Lipinski definition) is 0. The molecule has 0 N–H and O–H groups in total. The van der Waals surface area contributed by atoms with Crippen LogP contribution in [0.2, 0.25) is 5.02 Å². The molecule has 0 saturated heterocycles. The molecule has 0 unspecified atom stereocenters. The molecule has 0 aliphatic heterocycles. The molecule has 5 nitrogen and oxygen atoms in total. The quantitative estimate of drug-likeness (QED) is 0.555. The highest BCUT2D eigenvalue weighted by molar-refractivity contribution is 6.30. The third kappa shape index (κ3) is 2.97. The van der Waals surface area contributed by atoms with Crippen LogP contribution in [0.4, 0.5) is 0 Å². The molecule has 0 fully saturated rings. The molecule has 0 bridgehead atoms. The first kappa shape index (κ1) is 16.4. The Morgan fingerprint density at radius 2 is 1.62 bits per heavy atom. The van der Waals surface area contributed by atoms with Crippen LogP contribution < -0.4 is 11.2 Å². The van der Waals surface area contributed by atoms with Gasteiger partial charge in [-0.05, 0) is 42.0 Å². The zero-order valence-electron chi connectivity index (χ0n) is 13.8. The van der Waals surface area contributed by atoms with E-state index < -0.39 is 0 Å². The van der Waals surface area contributed by atoms with Gasteiger partial charge in [-0.2, -0.15) is 0 Å². The number of furan rings is 1. The van der Waals surface area contributed by atoms with Crippen LogP contribution in [-0.2, 0) is 13.1 Å². The molecule has 4 aromatic rings. The Morgan fingerprint density at radius 1 is 0.846 bits per heavy atom. The van der Waals surface area contributed by atoms with Crippen LogP contribution in [-0.4, -0.2) is 9.13 Å². The number of halogens is 1. The van der Waals surface area contributed by atoms with Gasteiger partial charge in [0.15, 0.2) is 0 Å². The zero-order chi connectivity index (χ0) is 18.1. The highest BCUT2D eigenvalue weighted by atomic mass is 35.5. The first-order chi connectivity index (χ1) is 12.6.